The molecule has 3 heterocycles. The molecule has 1 atom stereocenters. The van der Waals surface area contributed by atoms with E-state index in [0.29, 0.717) is 5.82 Å². The maximum atomic E-state index is 5.87. The van der Waals surface area contributed by atoms with E-state index in [1.807, 2.05) is 17.6 Å². The Morgan fingerprint density at radius 2 is 2.38 bits per heavy atom. The molecule has 21 heavy (non-hydrogen) atoms. The van der Waals surface area contributed by atoms with E-state index in [0.717, 1.165) is 44.8 Å². The van der Waals surface area contributed by atoms with Crippen LogP contribution in [0.2, 0.25) is 0 Å². The first-order chi connectivity index (χ1) is 10.3. The van der Waals surface area contributed by atoms with Gasteiger partial charge in [-0.25, -0.2) is 9.97 Å². The molecular formula is C15H20N4OS. The van der Waals surface area contributed by atoms with Gasteiger partial charge < -0.3 is 10.5 Å². The number of hydrogen-bond donors (Lipinski definition) is 1. The van der Waals surface area contributed by atoms with Crippen molar-refractivity contribution in [1.29, 1.82) is 0 Å². The molecule has 0 unspecified atom stereocenters. The zero-order chi connectivity index (χ0) is 14.5. The van der Waals surface area contributed by atoms with E-state index in [1.54, 1.807) is 17.5 Å². The van der Waals surface area contributed by atoms with Crippen LogP contribution in [0.15, 0.2) is 29.2 Å². The van der Waals surface area contributed by atoms with Crippen LogP contribution in [0.25, 0.3) is 0 Å². The fraction of sp³-hybridized carbons (Fsp3) is 0.467. The summed E-state index contributed by atoms with van der Waals surface area (Å²) in [6, 6.07) is 3.96. The number of nitrogens with two attached hydrogens (primary N) is 1. The molecule has 2 aromatic rings. The molecule has 0 spiro atoms. The van der Waals surface area contributed by atoms with Crippen molar-refractivity contribution in [2.45, 2.75) is 25.5 Å². The summed E-state index contributed by atoms with van der Waals surface area (Å²) in [4.78, 5) is 10.8. The summed E-state index contributed by atoms with van der Waals surface area (Å²) in [5, 5.41) is 2.12. The Morgan fingerprint density at radius 3 is 3.19 bits per heavy atom. The molecule has 6 heteroatoms. The van der Waals surface area contributed by atoms with Crippen LogP contribution in [0.5, 0.6) is 0 Å². The summed E-state index contributed by atoms with van der Waals surface area (Å²) in [7, 11) is 0. The molecule has 1 saturated heterocycles. The second-order valence-corrected chi connectivity index (χ2v) is 6.05. The third-order valence-corrected chi connectivity index (χ3v) is 4.33. The molecule has 2 N–H and O–H groups in total. The standard InChI is InChI=1S/C15H20N4OS/c16-15-7-12(3-4-17-15)1-2-14-9-19(5-6-20-14)8-13-10-21-11-18-13/h3-4,7,10-11,14H,1-2,5-6,8-9H2,(H2,16,17)/t14-/m0/s1. The van der Waals surface area contributed by atoms with E-state index in [9.17, 15) is 0 Å². The van der Waals surface area contributed by atoms with Crippen LogP contribution in [-0.2, 0) is 17.7 Å². The van der Waals surface area contributed by atoms with Crippen LogP contribution in [0.1, 0.15) is 17.7 Å². The number of nitrogen functional groups attached to an aromatic ring is 1. The van der Waals surface area contributed by atoms with Crippen molar-refractivity contribution in [3.8, 4) is 0 Å². The highest BCUT2D eigenvalue weighted by Crippen LogP contribution is 2.15. The molecule has 0 amide bonds. The van der Waals surface area contributed by atoms with Gasteiger partial charge in [0.2, 0.25) is 0 Å². The first-order valence-electron chi connectivity index (χ1n) is 7.21. The van der Waals surface area contributed by atoms with Crippen LogP contribution < -0.4 is 5.73 Å². The van der Waals surface area contributed by atoms with Gasteiger partial charge in [-0.15, -0.1) is 11.3 Å². The van der Waals surface area contributed by atoms with Crippen molar-refractivity contribution in [3.05, 3.63) is 40.5 Å². The highest BCUT2D eigenvalue weighted by Gasteiger charge is 2.20. The van der Waals surface area contributed by atoms with Crippen molar-refractivity contribution < 1.29 is 4.74 Å². The smallest absolute Gasteiger partial charge is 0.123 e. The minimum absolute atomic E-state index is 0.284. The second kappa shape index (κ2) is 6.98. The summed E-state index contributed by atoms with van der Waals surface area (Å²) in [5.74, 6) is 0.585. The van der Waals surface area contributed by atoms with Crippen LogP contribution in [0, 0.1) is 0 Å². The summed E-state index contributed by atoms with van der Waals surface area (Å²) >= 11 is 1.65. The zero-order valence-electron chi connectivity index (χ0n) is 11.9. The van der Waals surface area contributed by atoms with Gasteiger partial charge in [-0.2, -0.15) is 0 Å². The molecule has 0 aromatic carbocycles. The topological polar surface area (TPSA) is 64.3 Å². The minimum Gasteiger partial charge on any atom is -0.384 e. The number of thiazole rings is 1. The Morgan fingerprint density at radius 1 is 1.43 bits per heavy atom. The Labute approximate surface area is 128 Å². The van der Waals surface area contributed by atoms with E-state index in [1.165, 1.54) is 5.56 Å². The molecule has 0 saturated carbocycles. The molecule has 1 aliphatic rings. The number of aromatic nitrogens is 2. The van der Waals surface area contributed by atoms with Gasteiger partial charge in [-0.05, 0) is 30.5 Å². The third kappa shape index (κ3) is 4.23. The molecule has 3 rings (SSSR count). The van der Waals surface area contributed by atoms with Gasteiger partial charge in [0.15, 0.2) is 0 Å². The van der Waals surface area contributed by atoms with E-state index in [4.69, 9.17) is 10.5 Å². The van der Waals surface area contributed by atoms with Crippen LogP contribution in [0.4, 0.5) is 5.82 Å². The lowest BCUT2D eigenvalue weighted by Gasteiger charge is -2.32. The van der Waals surface area contributed by atoms with E-state index in [-0.39, 0.29) is 6.10 Å². The number of hydrogen-bond acceptors (Lipinski definition) is 6. The third-order valence-electron chi connectivity index (χ3n) is 3.69. The zero-order valence-corrected chi connectivity index (χ0v) is 12.8. The van der Waals surface area contributed by atoms with E-state index in [2.05, 4.69) is 20.2 Å². The van der Waals surface area contributed by atoms with Crippen LogP contribution in [-0.4, -0.2) is 40.7 Å². The molecule has 112 valence electrons. The molecule has 5 nitrogen and oxygen atoms in total. The van der Waals surface area contributed by atoms with Gasteiger partial charge in [0, 0.05) is 31.2 Å². The van der Waals surface area contributed by atoms with Gasteiger partial charge >= 0.3 is 0 Å². The minimum atomic E-state index is 0.284. The van der Waals surface area contributed by atoms with Crippen molar-refractivity contribution in [1.82, 2.24) is 14.9 Å². The van der Waals surface area contributed by atoms with E-state index < -0.39 is 0 Å². The quantitative estimate of drug-likeness (QED) is 0.914. The van der Waals surface area contributed by atoms with Crippen molar-refractivity contribution in [2.24, 2.45) is 0 Å². The summed E-state index contributed by atoms with van der Waals surface area (Å²) in [5.41, 5.74) is 9.98. The van der Waals surface area contributed by atoms with Crippen molar-refractivity contribution >= 4 is 17.2 Å². The van der Waals surface area contributed by atoms with Crippen LogP contribution in [0.3, 0.4) is 0 Å². The van der Waals surface area contributed by atoms with Crippen molar-refractivity contribution in [2.75, 3.05) is 25.4 Å². The number of rotatable bonds is 5. The predicted molar refractivity (Wildman–Crippen MR) is 84.1 cm³/mol. The first kappa shape index (κ1) is 14.4. The fourth-order valence-corrected chi connectivity index (χ4v) is 3.17. The monoisotopic (exact) mass is 304 g/mol. The Balaban J connectivity index is 1.49. The highest BCUT2D eigenvalue weighted by atomic mass is 32.1. The molecule has 0 radical (unpaired) electrons. The lowest BCUT2D eigenvalue weighted by atomic mass is 10.1. The van der Waals surface area contributed by atoms with Crippen molar-refractivity contribution in [3.63, 3.8) is 0 Å². The fourth-order valence-electron chi connectivity index (χ4n) is 2.62. The molecule has 0 bridgehead atoms. The number of aryl methyl sites for hydroxylation is 1. The highest BCUT2D eigenvalue weighted by molar-refractivity contribution is 7.07. The summed E-state index contributed by atoms with van der Waals surface area (Å²) in [6.07, 6.45) is 4.03. The Kier molecular flexibility index (Phi) is 4.80. The number of pyridine rings is 1. The molecular weight excluding hydrogens is 284 g/mol. The normalized spacial score (nSPS) is 19.7. The van der Waals surface area contributed by atoms with Gasteiger partial charge in [-0.1, -0.05) is 0 Å². The molecule has 1 fully saturated rings. The van der Waals surface area contributed by atoms with Gasteiger partial charge in [-0.3, -0.25) is 4.90 Å². The molecule has 2 aromatic heterocycles. The second-order valence-electron chi connectivity index (χ2n) is 5.34. The molecule has 0 aliphatic carbocycles. The maximum Gasteiger partial charge on any atom is 0.123 e. The average molecular weight is 304 g/mol. The van der Waals surface area contributed by atoms with Gasteiger partial charge in [0.05, 0.1) is 23.9 Å². The van der Waals surface area contributed by atoms with Gasteiger partial charge in [0.1, 0.15) is 5.82 Å². The van der Waals surface area contributed by atoms with Crippen LogP contribution >= 0.6 is 11.3 Å². The Bertz CT molecular complexity index is 561. The van der Waals surface area contributed by atoms with E-state index >= 15 is 0 Å². The van der Waals surface area contributed by atoms with Gasteiger partial charge in [0.25, 0.3) is 0 Å². The Hall–Kier alpha value is -1.50. The number of ether oxygens (including phenoxy) is 1. The summed E-state index contributed by atoms with van der Waals surface area (Å²) < 4.78 is 5.87. The average Bonchev–Trinajstić information content (AvgIpc) is 2.99. The number of anilines is 1. The number of nitrogens with zero attached hydrogens (tertiary/aromatic N) is 3. The largest absolute Gasteiger partial charge is 0.384 e. The predicted octanol–water partition coefficient (Wildman–Crippen LogP) is 1.95. The summed E-state index contributed by atoms with van der Waals surface area (Å²) in [6.45, 7) is 3.67. The molecule has 1 aliphatic heterocycles. The number of morpholine rings is 1. The first-order valence-corrected chi connectivity index (χ1v) is 8.15. The SMILES string of the molecule is Nc1cc(CC[C@H]2CN(Cc3cscn3)CCO2)ccn1. The maximum absolute atomic E-state index is 5.87. The lowest BCUT2D eigenvalue weighted by molar-refractivity contribution is -0.0348. The lowest BCUT2D eigenvalue weighted by Crippen LogP contribution is -2.42.